The first-order valence-corrected chi connectivity index (χ1v) is 11.1. The van der Waals surface area contributed by atoms with Crippen molar-refractivity contribution in [2.24, 2.45) is 0 Å². The summed E-state index contributed by atoms with van der Waals surface area (Å²) < 4.78 is 13.4. The van der Waals surface area contributed by atoms with Crippen molar-refractivity contribution in [3.8, 4) is 11.5 Å². The first-order chi connectivity index (χ1) is 16.1. The van der Waals surface area contributed by atoms with Crippen molar-refractivity contribution in [3.05, 3.63) is 89.2 Å². The van der Waals surface area contributed by atoms with E-state index in [0.717, 1.165) is 52.4 Å². The summed E-state index contributed by atoms with van der Waals surface area (Å²) in [7, 11) is 1.60. The summed E-state index contributed by atoms with van der Waals surface area (Å²) in [5.74, 6) is 2.36. The maximum Gasteiger partial charge on any atom is 0.251 e. The van der Waals surface area contributed by atoms with Crippen LogP contribution in [0.25, 0.3) is 11.0 Å². The van der Waals surface area contributed by atoms with E-state index in [1.54, 1.807) is 31.4 Å². The Kier molecular flexibility index (Phi) is 6.93. The lowest BCUT2D eigenvalue weighted by Crippen LogP contribution is -2.25. The molecule has 6 heteroatoms. The molecule has 0 radical (unpaired) electrons. The van der Waals surface area contributed by atoms with Crippen LogP contribution in [0.1, 0.15) is 33.7 Å². The summed E-state index contributed by atoms with van der Waals surface area (Å²) in [6.07, 6.45) is 0.827. The van der Waals surface area contributed by atoms with Crippen molar-refractivity contribution in [2.45, 2.75) is 33.4 Å². The number of carbonyl (C=O) groups excluding carboxylic acids is 1. The number of carbonyl (C=O) groups is 1. The second-order valence-corrected chi connectivity index (χ2v) is 8.00. The van der Waals surface area contributed by atoms with Crippen molar-refractivity contribution in [2.75, 3.05) is 13.7 Å². The average Bonchev–Trinajstić information content (AvgIpc) is 3.19. The molecule has 1 aromatic heterocycles. The number of aromatic nitrogens is 2. The van der Waals surface area contributed by atoms with Gasteiger partial charge >= 0.3 is 0 Å². The number of benzene rings is 3. The van der Waals surface area contributed by atoms with E-state index in [9.17, 15) is 4.79 Å². The van der Waals surface area contributed by atoms with Crippen LogP contribution in [0.5, 0.6) is 11.5 Å². The Bertz CT molecular complexity index is 1230. The smallest absolute Gasteiger partial charge is 0.251 e. The fourth-order valence-electron chi connectivity index (χ4n) is 3.94. The molecular formula is C27H29N3O3. The van der Waals surface area contributed by atoms with Gasteiger partial charge in [0.1, 0.15) is 17.3 Å². The zero-order valence-corrected chi connectivity index (χ0v) is 19.3. The second-order valence-electron chi connectivity index (χ2n) is 8.00. The van der Waals surface area contributed by atoms with Gasteiger partial charge < -0.3 is 19.4 Å². The topological polar surface area (TPSA) is 65.4 Å². The summed E-state index contributed by atoms with van der Waals surface area (Å²) in [4.78, 5) is 17.4. The highest BCUT2D eigenvalue weighted by Gasteiger charge is 2.13. The fourth-order valence-corrected chi connectivity index (χ4v) is 3.94. The zero-order chi connectivity index (χ0) is 23.2. The molecule has 0 saturated carbocycles. The van der Waals surface area contributed by atoms with Gasteiger partial charge in [0.25, 0.3) is 5.91 Å². The van der Waals surface area contributed by atoms with Gasteiger partial charge in [0.15, 0.2) is 0 Å². The molecule has 1 N–H and O–H groups in total. The predicted octanol–water partition coefficient (Wildman–Crippen LogP) is 5.06. The number of nitrogens with one attached hydrogen (secondary N) is 1. The minimum atomic E-state index is -0.144. The molecule has 170 valence electrons. The molecule has 4 rings (SSSR count). The van der Waals surface area contributed by atoms with Gasteiger partial charge in [-0.15, -0.1) is 0 Å². The number of ether oxygens (including phenoxy) is 2. The number of amides is 1. The van der Waals surface area contributed by atoms with E-state index in [-0.39, 0.29) is 5.91 Å². The number of hydrogen-bond acceptors (Lipinski definition) is 4. The zero-order valence-electron chi connectivity index (χ0n) is 19.3. The molecule has 1 amide bonds. The Morgan fingerprint density at radius 2 is 1.70 bits per heavy atom. The number of imidazole rings is 1. The number of fused-ring (bicyclic) bond motifs is 1. The third kappa shape index (κ3) is 5.17. The molecule has 0 unspecified atom stereocenters. The third-order valence-electron chi connectivity index (χ3n) is 5.67. The predicted molar refractivity (Wildman–Crippen MR) is 130 cm³/mol. The van der Waals surface area contributed by atoms with Crippen molar-refractivity contribution in [3.63, 3.8) is 0 Å². The molecule has 0 spiro atoms. The second kappa shape index (κ2) is 10.2. The number of hydrogen-bond donors (Lipinski definition) is 1. The molecule has 3 aromatic carbocycles. The molecular weight excluding hydrogens is 414 g/mol. The van der Waals surface area contributed by atoms with Gasteiger partial charge in [0, 0.05) is 12.1 Å². The van der Waals surface area contributed by atoms with E-state index < -0.39 is 0 Å². The number of rotatable bonds is 9. The Hall–Kier alpha value is -3.80. The van der Waals surface area contributed by atoms with Crippen LogP contribution in [-0.4, -0.2) is 29.2 Å². The van der Waals surface area contributed by atoms with Crippen LogP contribution in [0, 0.1) is 13.8 Å². The van der Waals surface area contributed by atoms with Crippen molar-refractivity contribution < 1.29 is 14.3 Å². The number of aryl methyl sites for hydroxylation is 3. The van der Waals surface area contributed by atoms with Crippen LogP contribution in [0.2, 0.25) is 0 Å². The lowest BCUT2D eigenvalue weighted by atomic mass is 10.1. The Morgan fingerprint density at radius 1 is 0.970 bits per heavy atom. The lowest BCUT2D eigenvalue weighted by Gasteiger charge is -2.13. The maximum atomic E-state index is 12.6. The Labute approximate surface area is 194 Å². The van der Waals surface area contributed by atoms with Gasteiger partial charge in [-0.25, -0.2) is 4.98 Å². The van der Waals surface area contributed by atoms with Gasteiger partial charge in [-0.1, -0.05) is 30.3 Å². The van der Waals surface area contributed by atoms with E-state index in [1.165, 1.54) is 0 Å². The lowest BCUT2D eigenvalue weighted by molar-refractivity contribution is 0.0949. The van der Waals surface area contributed by atoms with Gasteiger partial charge in [0.05, 0.1) is 31.3 Å². The molecule has 0 atom stereocenters. The van der Waals surface area contributed by atoms with Crippen LogP contribution in [0.3, 0.4) is 0 Å². The summed E-state index contributed by atoms with van der Waals surface area (Å²) in [5, 5.41) is 2.99. The van der Waals surface area contributed by atoms with E-state index >= 15 is 0 Å². The summed E-state index contributed by atoms with van der Waals surface area (Å²) in [6.45, 7) is 5.83. The standard InChI is InChI=1S/C27H29N3O3/c1-19-8-6-9-20(2)26(19)33-17-7-16-30-24-11-5-4-10-23(24)29-25(30)18-28-27(31)21-12-14-22(32-3)15-13-21/h4-6,8-15H,7,16-18H2,1-3H3,(H,28,31). The minimum absolute atomic E-state index is 0.144. The van der Waals surface area contributed by atoms with Crippen molar-refractivity contribution >= 4 is 16.9 Å². The van der Waals surface area contributed by atoms with Crippen LogP contribution in [0.4, 0.5) is 0 Å². The third-order valence-corrected chi connectivity index (χ3v) is 5.67. The van der Waals surface area contributed by atoms with E-state index in [0.29, 0.717) is 18.7 Å². The van der Waals surface area contributed by atoms with Gasteiger partial charge in [0.2, 0.25) is 0 Å². The molecule has 0 aliphatic carbocycles. The fraction of sp³-hybridized carbons (Fsp3) is 0.259. The largest absolute Gasteiger partial charge is 0.497 e. The van der Waals surface area contributed by atoms with Crippen LogP contribution < -0.4 is 14.8 Å². The van der Waals surface area contributed by atoms with Crippen LogP contribution >= 0.6 is 0 Å². The highest BCUT2D eigenvalue weighted by atomic mass is 16.5. The molecule has 0 bridgehead atoms. The summed E-state index contributed by atoms with van der Waals surface area (Å²) in [5.41, 5.74) is 4.84. The minimum Gasteiger partial charge on any atom is -0.497 e. The van der Waals surface area contributed by atoms with E-state index in [1.807, 2.05) is 24.3 Å². The number of nitrogens with zero attached hydrogens (tertiary/aromatic N) is 2. The van der Waals surface area contributed by atoms with Gasteiger partial charge in [-0.05, 0) is 67.8 Å². The highest BCUT2D eigenvalue weighted by Crippen LogP contribution is 2.23. The SMILES string of the molecule is COc1ccc(C(=O)NCc2nc3ccccc3n2CCCOc2c(C)cccc2C)cc1. The van der Waals surface area contributed by atoms with Crippen molar-refractivity contribution in [1.29, 1.82) is 0 Å². The van der Waals surface area contributed by atoms with E-state index in [4.69, 9.17) is 14.5 Å². The molecule has 33 heavy (non-hydrogen) atoms. The molecule has 0 saturated heterocycles. The van der Waals surface area contributed by atoms with Crippen LogP contribution in [0.15, 0.2) is 66.7 Å². The monoisotopic (exact) mass is 443 g/mol. The number of methoxy groups -OCH3 is 1. The Morgan fingerprint density at radius 3 is 2.42 bits per heavy atom. The molecule has 6 nitrogen and oxygen atoms in total. The Balaban J connectivity index is 1.43. The van der Waals surface area contributed by atoms with E-state index in [2.05, 4.69) is 41.9 Å². The first-order valence-electron chi connectivity index (χ1n) is 11.1. The maximum absolute atomic E-state index is 12.6. The van der Waals surface area contributed by atoms with Gasteiger partial charge in [-0.3, -0.25) is 4.79 Å². The van der Waals surface area contributed by atoms with Gasteiger partial charge in [-0.2, -0.15) is 0 Å². The first kappa shape index (κ1) is 22.4. The normalized spacial score (nSPS) is 10.9. The molecule has 0 aliphatic heterocycles. The molecule has 0 aliphatic rings. The summed E-state index contributed by atoms with van der Waals surface area (Å²) in [6, 6.07) is 21.3. The average molecular weight is 444 g/mol. The highest BCUT2D eigenvalue weighted by molar-refractivity contribution is 5.94. The molecule has 1 heterocycles. The van der Waals surface area contributed by atoms with Crippen molar-refractivity contribution in [1.82, 2.24) is 14.9 Å². The number of para-hydroxylation sites is 3. The quantitative estimate of drug-likeness (QED) is 0.367. The summed E-state index contributed by atoms with van der Waals surface area (Å²) >= 11 is 0. The molecule has 0 fully saturated rings. The molecule has 4 aromatic rings. The van der Waals surface area contributed by atoms with Crippen LogP contribution in [-0.2, 0) is 13.1 Å².